The van der Waals surface area contributed by atoms with Gasteiger partial charge in [-0.25, -0.2) is 9.18 Å². The van der Waals surface area contributed by atoms with Crippen LogP contribution < -0.4 is 10.6 Å². The molecule has 0 atom stereocenters. The number of hydrogen-bond acceptors (Lipinski definition) is 3. The molecule has 5 nitrogen and oxygen atoms in total. The molecule has 0 spiro atoms. The Labute approximate surface area is 136 Å². The summed E-state index contributed by atoms with van der Waals surface area (Å²) in [6.45, 7) is 0.244. The van der Waals surface area contributed by atoms with Crippen molar-refractivity contribution >= 4 is 17.7 Å². The molecular formula is C15H18F4N2O3. The Hall–Kier alpha value is -2.32. The fraction of sp³-hybridized carbons (Fsp3) is 0.467. The predicted octanol–water partition coefficient (Wildman–Crippen LogP) is 3.70. The average molecular weight is 350 g/mol. The molecule has 1 rings (SSSR count). The van der Waals surface area contributed by atoms with Gasteiger partial charge in [0, 0.05) is 13.0 Å². The first-order valence-electron chi connectivity index (χ1n) is 7.23. The normalized spacial score (nSPS) is 11.0. The Morgan fingerprint density at radius 2 is 1.88 bits per heavy atom. The first kappa shape index (κ1) is 19.7. The topological polar surface area (TPSA) is 67.4 Å². The number of amides is 2. The maximum Gasteiger partial charge on any atom is 0.419 e. The summed E-state index contributed by atoms with van der Waals surface area (Å²) in [5.74, 6) is -1.85. The summed E-state index contributed by atoms with van der Waals surface area (Å²) in [4.78, 5) is 22.4. The third-order valence-corrected chi connectivity index (χ3v) is 3.12. The zero-order valence-corrected chi connectivity index (χ0v) is 13.0. The SMILES string of the molecule is COC(=O)CCCCCNC(=O)Nc1cccc(C(F)(F)F)c1F. The van der Waals surface area contributed by atoms with Gasteiger partial charge in [0.2, 0.25) is 0 Å². The smallest absolute Gasteiger partial charge is 0.419 e. The Balaban J connectivity index is 2.40. The Kier molecular flexibility index (Phi) is 7.47. The fourth-order valence-electron chi connectivity index (χ4n) is 1.89. The van der Waals surface area contributed by atoms with Crippen LogP contribution in [0.2, 0.25) is 0 Å². The van der Waals surface area contributed by atoms with Gasteiger partial charge >= 0.3 is 18.2 Å². The fourth-order valence-corrected chi connectivity index (χ4v) is 1.89. The standard InChI is InChI=1S/C15H18F4N2O3/c1-24-12(22)8-3-2-4-9-20-14(23)21-11-7-5-6-10(13(11)16)15(17,18)19/h5-7H,2-4,8-9H2,1H3,(H2,20,21,23). The van der Waals surface area contributed by atoms with Gasteiger partial charge in [0.1, 0.15) is 0 Å². The molecule has 1 aromatic carbocycles. The second-order valence-corrected chi connectivity index (χ2v) is 4.93. The van der Waals surface area contributed by atoms with Crippen LogP contribution in [0.3, 0.4) is 0 Å². The lowest BCUT2D eigenvalue weighted by Gasteiger charge is -2.12. The predicted molar refractivity (Wildman–Crippen MR) is 78.9 cm³/mol. The highest BCUT2D eigenvalue weighted by molar-refractivity contribution is 5.89. The number of esters is 1. The number of urea groups is 1. The molecule has 24 heavy (non-hydrogen) atoms. The van der Waals surface area contributed by atoms with Gasteiger partial charge in [-0.2, -0.15) is 13.2 Å². The third-order valence-electron chi connectivity index (χ3n) is 3.12. The van der Waals surface area contributed by atoms with Crippen LogP contribution in [0.1, 0.15) is 31.2 Å². The Morgan fingerprint density at radius 1 is 1.17 bits per heavy atom. The second kappa shape index (κ2) is 9.09. The maximum atomic E-state index is 13.7. The van der Waals surface area contributed by atoms with Crippen molar-refractivity contribution in [3.05, 3.63) is 29.6 Å². The Bertz CT molecular complexity index is 576. The van der Waals surface area contributed by atoms with Crippen molar-refractivity contribution in [3.63, 3.8) is 0 Å². The minimum atomic E-state index is -4.84. The first-order valence-corrected chi connectivity index (χ1v) is 7.23. The van der Waals surface area contributed by atoms with Crippen molar-refractivity contribution in [1.82, 2.24) is 5.32 Å². The van der Waals surface area contributed by atoms with Gasteiger partial charge < -0.3 is 15.4 Å². The van der Waals surface area contributed by atoms with Crippen LogP contribution in [0.15, 0.2) is 18.2 Å². The molecule has 2 N–H and O–H groups in total. The van der Waals surface area contributed by atoms with Crippen molar-refractivity contribution in [1.29, 1.82) is 0 Å². The van der Waals surface area contributed by atoms with Gasteiger partial charge in [-0.05, 0) is 25.0 Å². The molecule has 1 aromatic rings. The van der Waals surface area contributed by atoms with Crippen LogP contribution in [0.25, 0.3) is 0 Å². The molecule has 0 aliphatic heterocycles. The number of carbonyl (C=O) groups is 2. The van der Waals surface area contributed by atoms with Crippen LogP contribution in [-0.2, 0) is 15.7 Å². The molecule has 2 amide bonds. The molecule has 134 valence electrons. The van der Waals surface area contributed by atoms with E-state index in [4.69, 9.17) is 0 Å². The van der Waals surface area contributed by atoms with Crippen LogP contribution in [0.5, 0.6) is 0 Å². The summed E-state index contributed by atoms with van der Waals surface area (Å²) >= 11 is 0. The molecule has 0 fully saturated rings. The van der Waals surface area contributed by atoms with E-state index >= 15 is 0 Å². The number of ether oxygens (including phenoxy) is 1. The molecule has 0 saturated heterocycles. The van der Waals surface area contributed by atoms with Crippen LogP contribution in [0.4, 0.5) is 28.0 Å². The van der Waals surface area contributed by atoms with E-state index in [0.717, 1.165) is 12.1 Å². The van der Waals surface area contributed by atoms with Gasteiger partial charge in [0.05, 0.1) is 18.4 Å². The minimum Gasteiger partial charge on any atom is -0.469 e. The third kappa shape index (κ3) is 6.43. The number of benzene rings is 1. The van der Waals surface area contributed by atoms with Gasteiger partial charge in [-0.3, -0.25) is 4.79 Å². The van der Waals surface area contributed by atoms with Gasteiger partial charge in [-0.15, -0.1) is 0 Å². The van der Waals surface area contributed by atoms with Gasteiger partial charge in [-0.1, -0.05) is 12.5 Å². The highest BCUT2D eigenvalue weighted by Gasteiger charge is 2.35. The summed E-state index contributed by atoms with van der Waals surface area (Å²) in [7, 11) is 1.29. The number of hydrogen-bond donors (Lipinski definition) is 2. The highest BCUT2D eigenvalue weighted by Crippen LogP contribution is 2.33. The van der Waals surface area contributed by atoms with Crippen molar-refractivity contribution in [3.8, 4) is 0 Å². The van der Waals surface area contributed by atoms with E-state index in [1.54, 1.807) is 0 Å². The number of nitrogens with one attached hydrogen (secondary N) is 2. The molecule has 0 heterocycles. The average Bonchev–Trinajstić information content (AvgIpc) is 2.51. The van der Waals surface area contributed by atoms with Crippen molar-refractivity contribution < 1.29 is 31.9 Å². The highest BCUT2D eigenvalue weighted by atomic mass is 19.4. The first-order chi connectivity index (χ1) is 11.3. The van der Waals surface area contributed by atoms with Crippen molar-refractivity contribution in [2.45, 2.75) is 31.9 Å². The van der Waals surface area contributed by atoms with Crippen LogP contribution in [0, 0.1) is 5.82 Å². The number of alkyl halides is 3. The molecule has 0 bridgehead atoms. The largest absolute Gasteiger partial charge is 0.469 e. The zero-order chi connectivity index (χ0) is 18.2. The van der Waals surface area contributed by atoms with E-state index < -0.39 is 29.3 Å². The summed E-state index contributed by atoms with van der Waals surface area (Å²) in [6.07, 6.45) is -2.74. The molecule has 0 unspecified atom stereocenters. The number of halogens is 4. The van der Waals surface area contributed by atoms with Crippen molar-refractivity contribution in [2.24, 2.45) is 0 Å². The lowest BCUT2D eigenvalue weighted by molar-refractivity contribution is -0.141. The van der Waals surface area contributed by atoms with Crippen LogP contribution in [-0.4, -0.2) is 25.7 Å². The number of unbranched alkanes of at least 4 members (excludes halogenated alkanes) is 2. The summed E-state index contributed by atoms with van der Waals surface area (Å²) in [5, 5.41) is 4.45. The molecule has 0 radical (unpaired) electrons. The second-order valence-electron chi connectivity index (χ2n) is 4.93. The van der Waals surface area contributed by atoms with E-state index in [1.807, 2.05) is 5.32 Å². The van der Waals surface area contributed by atoms with E-state index in [2.05, 4.69) is 10.1 Å². The number of anilines is 1. The zero-order valence-electron chi connectivity index (χ0n) is 13.0. The molecule has 0 aliphatic rings. The maximum absolute atomic E-state index is 13.7. The van der Waals surface area contributed by atoms with Crippen LogP contribution >= 0.6 is 0 Å². The lowest BCUT2D eigenvalue weighted by Crippen LogP contribution is -2.30. The van der Waals surface area contributed by atoms with E-state index in [9.17, 15) is 27.2 Å². The molecule has 0 saturated carbocycles. The number of methoxy groups -OCH3 is 1. The van der Waals surface area contributed by atoms with Crippen molar-refractivity contribution in [2.75, 3.05) is 19.0 Å². The summed E-state index contributed by atoms with van der Waals surface area (Å²) < 4.78 is 55.9. The monoisotopic (exact) mass is 350 g/mol. The van der Waals surface area contributed by atoms with E-state index in [0.29, 0.717) is 25.3 Å². The van der Waals surface area contributed by atoms with E-state index in [1.165, 1.54) is 7.11 Å². The van der Waals surface area contributed by atoms with E-state index in [-0.39, 0.29) is 18.9 Å². The number of carbonyl (C=O) groups excluding carboxylic acids is 2. The van der Waals surface area contributed by atoms with Gasteiger partial charge in [0.25, 0.3) is 0 Å². The molecule has 9 heteroatoms. The quantitative estimate of drug-likeness (QED) is 0.448. The molecular weight excluding hydrogens is 332 g/mol. The molecule has 0 aliphatic carbocycles. The summed E-state index contributed by atoms with van der Waals surface area (Å²) in [6, 6.07) is 1.84. The lowest BCUT2D eigenvalue weighted by atomic mass is 10.2. The number of rotatable bonds is 7. The Morgan fingerprint density at radius 3 is 2.50 bits per heavy atom. The molecule has 0 aromatic heterocycles. The summed E-state index contributed by atoms with van der Waals surface area (Å²) in [5.41, 5.74) is -1.99. The van der Waals surface area contributed by atoms with Gasteiger partial charge in [0.15, 0.2) is 5.82 Å². The minimum absolute atomic E-state index is 0.244.